The third-order valence-electron chi connectivity index (χ3n) is 1.95. The van der Waals surface area contributed by atoms with Crippen LogP contribution in [0.3, 0.4) is 0 Å². The topological polar surface area (TPSA) is 48.4 Å². The molecule has 0 bridgehead atoms. The summed E-state index contributed by atoms with van der Waals surface area (Å²) in [6, 6.07) is 7.97. The monoisotopic (exact) mass is 177 g/mol. The van der Waals surface area contributed by atoms with Crippen LogP contribution < -0.4 is 5.90 Å². The van der Waals surface area contributed by atoms with Gasteiger partial charge in [-0.2, -0.15) is 0 Å². The fraction of sp³-hybridized carbons (Fsp3) is 0.200. The Morgan fingerprint density at radius 1 is 1.38 bits per heavy atom. The van der Waals surface area contributed by atoms with Gasteiger partial charge in [-0.15, -0.1) is 0 Å². The first-order valence-corrected chi connectivity index (χ1v) is 4.10. The maximum Gasteiger partial charge on any atom is 0.134 e. The van der Waals surface area contributed by atoms with Gasteiger partial charge in [0.25, 0.3) is 0 Å². The molecule has 3 nitrogen and oxygen atoms in total. The second-order valence-corrected chi connectivity index (χ2v) is 3.06. The second kappa shape index (κ2) is 3.20. The van der Waals surface area contributed by atoms with Crippen molar-refractivity contribution in [2.75, 3.05) is 0 Å². The highest BCUT2D eigenvalue weighted by molar-refractivity contribution is 5.78. The summed E-state index contributed by atoms with van der Waals surface area (Å²) in [5.41, 5.74) is 2.09. The van der Waals surface area contributed by atoms with Gasteiger partial charge in [0.15, 0.2) is 0 Å². The van der Waals surface area contributed by atoms with Gasteiger partial charge in [0, 0.05) is 5.39 Å². The second-order valence-electron chi connectivity index (χ2n) is 3.06. The Morgan fingerprint density at radius 2 is 2.23 bits per heavy atom. The van der Waals surface area contributed by atoms with Crippen molar-refractivity contribution in [2.24, 2.45) is 5.90 Å². The van der Waals surface area contributed by atoms with E-state index in [4.69, 9.17) is 10.3 Å². The summed E-state index contributed by atoms with van der Waals surface area (Å²) in [6.07, 6.45) is 0. The number of hydrogen-bond donors (Lipinski definition) is 1. The van der Waals surface area contributed by atoms with Gasteiger partial charge in [0.2, 0.25) is 0 Å². The van der Waals surface area contributed by atoms with Gasteiger partial charge in [0.05, 0.1) is 0 Å². The lowest BCUT2D eigenvalue weighted by atomic mass is 10.2. The van der Waals surface area contributed by atoms with Gasteiger partial charge in [-0.05, 0) is 25.1 Å². The summed E-state index contributed by atoms with van der Waals surface area (Å²) < 4.78 is 5.46. The molecule has 0 radical (unpaired) electrons. The molecule has 3 heteroatoms. The molecule has 68 valence electrons. The zero-order chi connectivity index (χ0) is 9.26. The van der Waals surface area contributed by atoms with Crippen LogP contribution >= 0.6 is 0 Å². The summed E-state index contributed by atoms with van der Waals surface area (Å²) in [5, 5.41) is 1.09. The largest absolute Gasteiger partial charge is 0.459 e. The third kappa shape index (κ3) is 1.56. The van der Waals surface area contributed by atoms with Crippen LogP contribution in [-0.4, -0.2) is 0 Å². The highest BCUT2D eigenvalue weighted by Gasteiger charge is 2.02. The normalized spacial score (nSPS) is 10.9. The van der Waals surface area contributed by atoms with Crippen LogP contribution in [0, 0.1) is 6.92 Å². The number of nitrogens with two attached hydrogens (primary N) is 1. The highest BCUT2D eigenvalue weighted by atomic mass is 16.6. The van der Waals surface area contributed by atoms with E-state index in [9.17, 15) is 0 Å². The molecule has 0 aliphatic carbocycles. The Balaban J connectivity index is 2.49. The van der Waals surface area contributed by atoms with E-state index in [1.165, 1.54) is 5.56 Å². The van der Waals surface area contributed by atoms with Gasteiger partial charge in [0.1, 0.15) is 18.0 Å². The molecule has 0 fully saturated rings. The van der Waals surface area contributed by atoms with E-state index in [0.29, 0.717) is 6.61 Å². The highest BCUT2D eigenvalue weighted by Crippen LogP contribution is 2.20. The molecule has 0 unspecified atom stereocenters. The molecule has 0 saturated heterocycles. The molecule has 0 saturated carbocycles. The van der Waals surface area contributed by atoms with Crippen LogP contribution in [0.2, 0.25) is 0 Å². The fourth-order valence-electron chi connectivity index (χ4n) is 1.37. The Labute approximate surface area is 76.0 Å². The van der Waals surface area contributed by atoms with Crippen LogP contribution in [0.5, 0.6) is 0 Å². The quantitative estimate of drug-likeness (QED) is 0.715. The van der Waals surface area contributed by atoms with Crippen LogP contribution in [0.1, 0.15) is 11.3 Å². The van der Waals surface area contributed by atoms with Gasteiger partial charge in [-0.1, -0.05) is 11.6 Å². The molecule has 0 spiro atoms. The van der Waals surface area contributed by atoms with Gasteiger partial charge in [-0.3, -0.25) is 4.84 Å². The van der Waals surface area contributed by atoms with E-state index in [1.807, 2.05) is 25.1 Å². The number of furan rings is 1. The lowest BCUT2D eigenvalue weighted by Crippen LogP contribution is -1.96. The van der Waals surface area contributed by atoms with Crippen molar-refractivity contribution >= 4 is 11.0 Å². The summed E-state index contributed by atoms with van der Waals surface area (Å²) in [6.45, 7) is 2.36. The number of hydrogen-bond acceptors (Lipinski definition) is 3. The van der Waals surface area contributed by atoms with Crippen molar-refractivity contribution in [2.45, 2.75) is 13.5 Å². The molecule has 0 aliphatic heterocycles. The van der Waals surface area contributed by atoms with Gasteiger partial charge >= 0.3 is 0 Å². The Bertz CT molecular complexity index is 420. The molecule has 0 aliphatic rings. The molecule has 2 N–H and O–H groups in total. The van der Waals surface area contributed by atoms with E-state index in [-0.39, 0.29) is 0 Å². The molecule has 0 amide bonds. The minimum Gasteiger partial charge on any atom is -0.459 e. The number of rotatable bonds is 2. The summed E-state index contributed by atoms with van der Waals surface area (Å²) in [4.78, 5) is 4.49. The zero-order valence-corrected chi connectivity index (χ0v) is 7.41. The van der Waals surface area contributed by atoms with Crippen molar-refractivity contribution < 1.29 is 9.25 Å². The minimum atomic E-state index is 0.313. The van der Waals surface area contributed by atoms with E-state index >= 15 is 0 Å². The van der Waals surface area contributed by atoms with Gasteiger partial charge in [-0.25, -0.2) is 5.90 Å². The predicted octanol–water partition coefficient (Wildman–Crippen LogP) is 2.13. The van der Waals surface area contributed by atoms with Crippen molar-refractivity contribution in [1.29, 1.82) is 0 Å². The number of fused-ring (bicyclic) bond motifs is 1. The summed E-state index contributed by atoms with van der Waals surface area (Å²) in [7, 11) is 0. The van der Waals surface area contributed by atoms with E-state index < -0.39 is 0 Å². The number of benzene rings is 1. The first-order valence-electron chi connectivity index (χ1n) is 4.10. The van der Waals surface area contributed by atoms with Crippen molar-refractivity contribution in [1.82, 2.24) is 0 Å². The van der Waals surface area contributed by atoms with Crippen molar-refractivity contribution in [3.8, 4) is 0 Å². The molecule has 2 aromatic rings. The molecule has 2 rings (SSSR count). The van der Waals surface area contributed by atoms with Crippen LogP contribution in [0.4, 0.5) is 0 Å². The number of aryl methyl sites for hydroxylation is 1. The molecule has 1 aromatic carbocycles. The van der Waals surface area contributed by atoms with E-state index in [1.54, 1.807) is 0 Å². The molecular weight excluding hydrogens is 166 g/mol. The van der Waals surface area contributed by atoms with Crippen molar-refractivity contribution in [3.63, 3.8) is 0 Å². The molecule has 1 aromatic heterocycles. The average molecular weight is 177 g/mol. The Kier molecular flexibility index (Phi) is 2.04. The first kappa shape index (κ1) is 8.29. The maximum absolute atomic E-state index is 5.46. The summed E-state index contributed by atoms with van der Waals surface area (Å²) in [5.74, 6) is 5.71. The lowest BCUT2D eigenvalue weighted by molar-refractivity contribution is 0.110. The fourth-order valence-corrected chi connectivity index (χ4v) is 1.37. The van der Waals surface area contributed by atoms with Crippen molar-refractivity contribution in [3.05, 3.63) is 35.6 Å². The Hall–Kier alpha value is -1.32. The minimum absolute atomic E-state index is 0.313. The first-order chi connectivity index (χ1) is 6.29. The third-order valence-corrected chi connectivity index (χ3v) is 1.95. The van der Waals surface area contributed by atoms with Crippen LogP contribution in [0.15, 0.2) is 28.7 Å². The SMILES string of the molecule is Cc1ccc2oc(CON)cc2c1. The zero-order valence-electron chi connectivity index (χ0n) is 7.41. The van der Waals surface area contributed by atoms with Crippen LogP contribution in [-0.2, 0) is 11.4 Å². The van der Waals surface area contributed by atoms with Crippen LogP contribution in [0.25, 0.3) is 11.0 Å². The van der Waals surface area contributed by atoms with E-state index in [0.717, 1.165) is 16.7 Å². The molecular formula is C10H11NO2. The van der Waals surface area contributed by atoms with Gasteiger partial charge < -0.3 is 4.42 Å². The van der Waals surface area contributed by atoms with E-state index in [2.05, 4.69) is 10.9 Å². The average Bonchev–Trinajstić information content (AvgIpc) is 2.46. The lowest BCUT2D eigenvalue weighted by Gasteiger charge is -1.90. The molecule has 0 atom stereocenters. The maximum atomic E-state index is 5.46. The smallest absolute Gasteiger partial charge is 0.134 e. The standard InChI is InChI=1S/C10H11NO2/c1-7-2-3-10-8(4-7)5-9(13-10)6-12-11/h2-5H,6,11H2,1H3. The molecule has 13 heavy (non-hydrogen) atoms. The molecule has 1 heterocycles. The summed E-state index contributed by atoms with van der Waals surface area (Å²) >= 11 is 0. The predicted molar refractivity (Wildman–Crippen MR) is 49.9 cm³/mol. The Morgan fingerprint density at radius 3 is 3.00 bits per heavy atom.